The molecule has 0 saturated carbocycles. The van der Waals surface area contributed by atoms with Crippen LogP contribution in [0.2, 0.25) is 0 Å². The minimum Gasteiger partial charge on any atom is -0.473 e. The van der Waals surface area contributed by atoms with Crippen molar-refractivity contribution in [2.24, 2.45) is 0 Å². The molecule has 10 heteroatoms. The smallest absolute Gasteiger partial charge is 0.414 e. The molecular formula is C16H24N4O6. The van der Waals surface area contributed by atoms with Crippen LogP contribution >= 0.6 is 0 Å². The molecule has 1 aliphatic heterocycles. The van der Waals surface area contributed by atoms with Gasteiger partial charge in [-0.3, -0.25) is 4.79 Å². The summed E-state index contributed by atoms with van der Waals surface area (Å²) in [5.41, 5.74) is 1.48. The summed E-state index contributed by atoms with van der Waals surface area (Å²) in [7, 11) is 5.11. The average molecular weight is 368 g/mol. The van der Waals surface area contributed by atoms with Crippen LogP contribution in [-0.4, -0.2) is 77.2 Å². The summed E-state index contributed by atoms with van der Waals surface area (Å²) in [5, 5.41) is 18.1. The Bertz CT molecular complexity index is 632. The number of ether oxygens (including phenoxy) is 1. The monoisotopic (exact) mass is 368 g/mol. The van der Waals surface area contributed by atoms with Crippen LogP contribution in [0.15, 0.2) is 6.20 Å². The fourth-order valence-electron chi connectivity index (χ4n) is 2.44. The zero-order valence-corrected chi connectivity index (χ0v) is 15.1. The van der Waals surface area contributed by atoms with Gasteiger partial charge in [0, 0.05) is 33.3 Å². The molecule has 0 bridgehead atoms. The molecule has 0 spiro atoms. The third kappa shape index (κ3) is 6.37. The fourth-order valence-corrected chi connectivity index (χ4v) is 2.44. The van der Waals surface area contributed by atoms with E-state index in [9.17, 15) is 4.79 Å². The number of nitrogens with one attached hydrogen (secondary N) is 1. The quantitative estimate of drug-likeness (QED) is 0.623. The lowest BCUT2D eigenvalue weighted by molar-refractivity contribution is -0.159. The second kappa shape index (κ2) is 10.4. The van der Waals surface area contributed by atoms with Crippen molar-refractivity contribution < 1.29 is 29.3 Å². The van der Waals surface area contributed by atoms with Crippen LogP contribution in [0.25, 0.3) is 0 Å². The molecule has 0 aliphatic carbocycles. The molecule has 1 aromatic heterocycles. The molecule has 1 amide bonds. The number of hydrogen-bond acceptors (Lipinski definition) is 7. The zero-order chi connectivity index (χ0) is 19.7. The van der Waals surface area contributed by atoms with E-state index in [1.54, 1.807) is 32.3 Å². The summed E-state index contributed by atoms with van der Waals surface area (Å²) in [4.78, 5) is 40.9. The fraction of sp³-hybridized carbons (Fsp3) is 0.562. The van der Waals surface area contributed by atoms with E-state index < -0.39 is 11.9 Å². The number of hydrogen-bond donors (Lipinski definition) is 3. The van der Waals surface area contributed by atoms with Gasteiger partial charge in [-0.2, -0.15) is 0 Å². The minimum atomic E-state index is -1.82. The summed E-state index contributed by atoms with van der Waals surface area (Å²) in [5.74, 6) is -2.74. The molecule has 26 heavy (non-hydrogen) atoms. The second-order valence-corrected chi connectivity index (χ2v) is 5.85. The van der Waals surface area contributed by atoms with Crippen molar-refractivity contribution in [2.45, 2.75) is 25.4 Å². The van der Waals surface area contributed by atoms with Crippen molar-refractivity contribution in [1.29, 1.82) is 0 Å². The lowest BCUT2D eigenvalue weighted by Crippen LogP contribution is -2.30. The van der Waals surface area contributed by atoms with Gasteiger partial charge in [0.2, 0.25) is 0 Å². The van der Waals surface area contributed by atoms with E-state index in [2.05, 4.69) is 15.3 Å². The van der Waals surface area contributed by atoms with Gasteiger partial charge < -0.3 is 25.2 Å². The first-order valence-corrected chi connectivity index (χ1v) is 8.01. The molecule has 3 N–H and O–H groups in total. The molecule has 1 fully saturated rings. The average Bonchev–Trinajstić information content (AvgIpc) is 2.62. The summed E-state index contributed by atoms with van der Waals surface area (Å²) >= 11 is 0. The molecule has 1 saturated heterocycles. The Kier molecular flexibility index (Phi) is 8.59. The van der Waals surface area contributed by atoms with Crippen LogP contribution in [0.1, 0.15) is 40.6 Å². The molecule has 1 aromatic rings. The van der Waals surface area contributed by atoms with E-state index in [-0.39, 0.29) is 5.91 Å². The van der Waals surface area contributed by atoms with Crippen LogP contribution in [-0.2, 0) is 20.9 Å². The Labute approximate surface area is 151 Å². The number of methoxy groups -OCH3 is 1. The predicted molar refractivity (Wildman–Crippen MR) is 90.9 cm³/mol. The molecule has 144 valence electrons. The van der Waals surface area contributed by atoms with Crippen molar-refractivity contribution in [1.82, 2.24) is 20.2 Å². The number of nitrogens with zero attached hydrogens (tertiary/aromatic N) is 3. The van der Waals surface area contributed by atoms with Crippen LogP contribution in [0.3, 0.4) is 0 Å². The van der Waals surface area contributed by atoms with Crippen molar-refractivity contribution in [3.63, 3.8) is 0 Å². The molecule has 2 rings (SSSR count). The van der Waals surface area contributed by atoms with E-state index in [4.69, 9.17) is 24.5 Å². The zero-order valence-electron chi connectivity index (χ0n) is 15.1. The van der Waals surface area contributed by atoms with Crippen LogP contribution in [0.5, 0.6) is 0 Å². The SMILES string of the molecule is COCc1ncc(C(=O)N(C)C)c(C2CCNCC2)n1.O=C(O)C(=O)O. The third-order valence-electron chi connectivity index (χ3n) is 3.69. The number of carboxylic acids is 2. The maximum absolute atomic E-state index is 12.3. The number of carbonyl (C=O) groups excluding carboxylic acids is 1. The largest absolute Gasteiger partial charge is 0.473 e. The predicted octanol–water partition coefficient (Wildman–Crippen LogP) is -0.0526. The molecule has 0 unspecified atom stereocenters. The van der Waals surface area contributed by atoms with Crippen LogP contribution < -0.4 is 5.32 Å². The highest BCUT2D eigenvalue weighted by atomic mass is 16.5. The number of piperidine rings is 1. The van der Waals surface area contributed by atoms with Gasteiger partial charge in [-0.05, 0) is 25.9 Å². The van der Waals surface area contributed by atoms with Gasteiger partial charge in [-0.15, -0.1) is 0 Å². The molecule has 10 nitrogen and oxygen atoms in total. The first-order valence-electron chi connectivity index (χ1n) is 8.01. The van der Waals surface area contributed by atoms with Crippen molar-refractivity contribution in [3.8, 4) is 0 Å². The molecular weight excluding hydrogens is 344 g/mol. The second-order valence-electron chi connectivity index (χ2n) is 5.85. The van der Waals surface area contributed by atoms with E-state index >= 15 is 0 Å². The molecule has 0 aromatic carbocycles. The maximum Gasteiger partial charge on any atom is 0.414 e. The summed E-state index contributed by atoms with van der Waals surface area (Å²) in [6, 6.07) is 0. The van der Waals surface area contributed by atoms with Gasteiger partial charge >= 0.3 is 11.9 Å². The summed E-state index contributed by atoms with van der Waals surface area (Å²) < 4.78 is 5.09. The van der Waals surface area contributed by atoms with Gasteiger partial charge in [0.15, 0.2) is 5.82 Å². The molecule has 2 heterocycles. The van der Waals surface area contributed by atoms with Gasteiger partial charge in [0.1, 0.15) is 6.61 Å². The number of aliphatic carboxylic acids is 2. The molecule has 0 atom stereocenters. The van der Waals surface area contributed by atoms with E-state index in [0.29, 0.717) is 23.9 Å². The molecule has 0 radical (unpaired) electrons. The van der Waals surface area contributed by atoms with Gasteiger partial charge in [-0.1, -0.05) is 0 Å². The Morgan fingerprint density at radius 2 is 1.81 bits per heavy atom. The highest BCUT2D eigenvalue weighted by Gasteiger charge is 2.24. The number of rotatable bonds is 4. The normalized spacial score (nSPS) is 14.1. The Morgan fingerprint density at radius 3 is 2.27 bits per heavy atom. The van der Waals surface area contributed by atoms with Crippen LogP contribution in [0.4, 0.5) is 0 Å². The number of aromatic nitrogens is 2. The van der Waals surface area contributed by atoms with E-state index in [1.165, 1.54) is 0 Å². The first-order chi connectivity index (χ1) is 12.3. The number of carboxylic acid groups (broad SMARTS) is 2. The van der Waals surface area contributed by atoms with Crippen molar-refractivity contribution in [3.05, 3.63) is 23.3 Å². The standard InChI is InChI=1S/C14H22N4O2.C2H2O4/c1-18(2)14(19)11-8-16-12(9-20-3)17-13(11)10-4-6-15-7-5-10;3-1(4)2(5)6/h8,10,15H,4-7,9H2,1-3H3;(H,3,4)(H,5,6). The van der Waals surface area contributed by atoms with E-state index in [1.807, 2.05) is 0 Å². The number of amides is 1. The summed E-state index contributed by atoms with van der Waals surface area (Å²) in [6.07, 6.45) is 3.63. The van der Waals surface area contributed by atoms with Crippen molar-refractivity contribution >= 4 is 17.8 Å². The topological polar surface area (TPSA) is 142 Å². The molecule has 1 aliphatic rings. The van der Waals surface area contributed by atoms with Gasteiger partial charge in [0.25, 0.3) is 5.91 Å². The maximum atomic E-state index is 12.3. The number of carbonyl (C=O) groups is 3. The Morgan fingerprint density at radius 1 is 1.23 bits per heavy atom. The van der Waals surface area contributed by atoms with Crippen molar-refractivity contribution in [2.75, 3.05) is 34.3 Å². The first kappa shape index (κ1) is 21.5. The lowest BCUT2D eigenvalue weighted by atomic mass is 9.91. The van der Waals surface area contributed by atoms with Crippen LogP contribution in [0, 0.1) is 0 Å². The Hall–Kier alpha value is -2.59. The summed E-state index contributed by atoms with van der Waals surface area (Å²) in [6.45, 7) is 2.29. The highest BCUT2D eigenvalue weighted by molar-refractivity contribution is 6.27. The minimum absolute atomic E-state index is 0.0394. The lowest BCUT2D eigenvalue weighted by Gasteiger charge is -2.24. The highest BCUT2D eigenvalue weighted by Crippen LogP contribution is 2.27. The van der Waals surface area contributed by atoms with Gasteiger partial charge in [0.05, 0.1) is 11.3 Å². The third-order valence-corrected chi connectivity index (χ3v) is 3.69. The van der Waals surface area contributed by atoms with E-state index in [0.717, 1.165) is 31.6 Å². The van der Waals surface area contributed by atoms with Gasteiger partial charge in [-0.25, -0.2) is 19.6 Å². The Balaban J connectivity index is 0.000000487.